The van der Waals surface area contributed by atoms with Gasteiger partial charge in [-0.3, -0.25) is 4.79 Å². The van der Waals surface area contributed by atoms with Gasteiger partial charge in [-0.15, -0.1) is 0 Å². The predicted molar refractivity (Wildman–Crippen MR) is 49.5 cm³/mol. The summed E-state index contributed by atoms with van der Waals surface area (Å²) in [5.74, 6) is 0. The molecule has 0 aliphatic rings. The SMILES string of the molecule is O=C(P)CCc1ccccc1. The number of aryl methyl sites for hydroxylation is 1. The highest BCUT2D eigenvalue weighted by atomic mass is 31.0. The molecule has 0 saturated heterocycles. The van der Waals surface area contributed by atoms with E-state index in [0.29, 0.717) is 6.42 Å². The highest BCUT2D eigenvalue weighted by Crippen LogP contribution is 2.04. The molecule has 0 heterocycles. The molecular formula is C9H11OP. The number of carbonyl (C=O) groups is 1. The first-order valence-electron chi connectivity index (χ1n) is 3.61. The van der Waals surface area contributed by atoms with E-state index in [-0.39, 0.29) is 5.52 Å². The summed E-state index contributed by atoms with van der Waals surface area (Å²) in [4.78, 5) is 10.6. The zero-order chi connectivity index (χ0) is 8.10. The molecule has 0 spiro atoms. The summed E-state index contributed by atoms with van der Waals surface area (Å²) >= 11 is 0. The van der Waals surface area contributed by atoms with Crippen molar-refractivity contribution >= 4 is 14.8 Å². The Morgan fingerprint density at radius 1 is 1.27 bits per heavy atom. The van der Waals surface area contributed by atoms with E-state index in [4.69, 9.17) is 0 Å². The maximum absolute atomic E-state index is 10.6. The zero-order valence-electron chi connectivity index (χ0n) is 6.29. The molecule has 0 radical (unpaired) electrons. The molecule has 11 heavy (non-hydrogen) atoms. The van der Waals surface area contributed by atoms with Crippen LogP contribution in [0.15, 0.2) is 30.3 Å². The molecule has 2 heteroatoms. The molecule has 0 aromatic heterocycles. The van der Waals surface area contributed by atoms with Crippen molar-refractivity contribution in [1.82, 2.24) is 0 Å². The van der Waals surface area contributed by atoms with Crippen molar-refractivity contribution in [1.29, 1.82) is 0 Å². The average Bonchev–Trinajstić information content (AvgIpc) is 2.03. The molecule has 1 aromatic carbocycles. The molecule has 0 N–H and O–H groups in total. The van der Waals surface area contributed by atoms with Gasteiger partial charge in [-0.25, -0.2) is 0 Å². The second-order valence-electron chi connectivity index (χ2n) is 2.45. The number of hydrogen-bond donors (Lipinski definition) is 0. The minimum Gasteiger partial charge on any atom is -0.295 e. The van der Waals surface area contributed by atoms with Crippen LogP contribution in [0.3, 0.4) is 0 Å². The maximum atomic E-state index is 10.6. The standard InChI is InChI=1S/C9H11OP/c10-9(11)7-6-8-4-2-1-3-5-8/h1-5H,6-7,11H2. The van der Waals surface area contributed by atoms with Crippen LogP contribution in [0.4, 0.5) is 0 Å². The fourth-order valence-corrected chi connectivity index (χ4v) is 1.06. The fourth-order valence-electron chi connectivity index (χ4n) is 0.912. The van der Waals surface area contributed by atoms with Crippen molar-refractivity contribution in [2.75, 3.05) is 0 Å². The molecule has 1 unspecified atom stereocenters. The molecule has 58 valence electrons. The van der Waals surface area contributed by atoms with Gasteiger partial charge in [0.2, 0.25) is 0 Å². The molecule has 0 aliphatic carbocycles. The highest BCUT2D eigenvalue weighted by molar-refractivity contribution is 7.40. The summed E-state index contributed by atoms with van der Waals surface area (Å²) in [5.41, 5.74) is 1.40. The minimum absolute atomic E-state index is 0.175. The van der Waals surface area contributed by atoms with Crippen LogP contribution in [0.25, 0.3) is 0 Å². The highest BCUT2D eigenvalue weighted by Gasteiger charge is 1.94. The van der Waals surface area contributed by atoms with Crippen LogP contribution < -0.4 is 0 Å². The van der Waals surface area contributed by atoms with Crippen LogP contribution in [0, 0.1) is 0 Å². The van der Waals surface area contributed by atoms with Crippen LogP contribution in [0.2, 0.25) is 0 Å². The Morgan fingerprint density at radius 3 is 2.45 bits per heavy atom. The van der Waals surface area contributed by atoms with E-state index in [0.717, 1.165) is 6.42 Å². The van der Waals surface area contributed by atoms with Gasteiger partial charge in [0.1, 0.15) is 5.52 Å². The molecule has 1 rings (SSSR count). The summed E-state index contributed by atoms with van der Waals surface area (Å²) in [6, 6.07) is 10.0. The Bertz CT molecular complexity index is 231. The Hall–Kier alpha value is -0.680. The fraction of sp³-hybridized carbons (Fsp3) is 0.222. The Labute approximate surface area is 69.0 Å². The lowest BCUT2D eigenvalue weighted by Crippen LogP contribution is -1.89. The van der Waals surface area contributed by atoms with Crippen LogP contribution in [-0.2, 0) is 11.2 Å². The normalized spacial score (nSPS) is 9.55. The second-order valence-corrected chi connectivity index (χ2v) is 3.10. The van der Waals surface area contributed by atoms with Gasteiger partial charge in [-0.2, -0.15) is 0 Å². The zero-order valence-corrected chi connectivity index (χ0v) is 7.44. The monoisotopic (exact) mass is 166 g/mol. The van der Waals surface area contributed by atoms with Crippen molar-refractivity contribution in [3.8, 4) is 0 Å². The first-order chi connectivity index (χ1) is 5.29. The molecule has 0 bridgehead atoms. The van der Waals surface area contributed by atoms with E-state index in [1.807, 2.05) is 30.3 Å². The molecular weight excluding hydrogens is 155 g/mol. The van der Waals surface area contributed by atoms with Gasteiger partial charge < -0.3 is 0 Å². The Kier molecular flexibility index (Phi) is 3.25. The quantitative estimate of drug-likeness (QED) is 0.628. The summed E-state index contributed by atoms with van der Waals surface area (Å²) < 4.78 is 0. The van der Waals surface area contributed by atoms with Crippen molar-refractivity contribution in [3.63, 3.8) is 0 Å². The molecule has 0 saturated carbocycles. The summed E-state index contributed by atoms with van der Waals surface area (Å²) in [6.45, 7) is 0. The van der Waals surface area contributed by atoms with Gasteiger partial charge in [-0.05, 0) is 12.0 Å². The van der Waals surface area contributed by atoms with E-state index in [2.05, 4.69) is 9.24 Å². The van der Waals surface area contributed by atoms with Crippen molar-refractivity contribution in [3.05, 3.63) is 35.9 Å². The molecule has 1 aromatic rings. The lowest BCUT2D eigenvalue weighted by atomic mass is 10.1. The van der Waals surface area contributed by atoms with Crippen molar-refractivity contribution in [2.45, 2.75) is 12.8 Å². The van der Waals surface area contributed by atoms with Gasteiger partial charge in [-0.1, -0.05) is 39.6 Å². The average molecular weight is 166 g/mol. The van der Waals surface area contributed by atoms with Crippen molar-refractivity contribution in [2.24, 2.45) is 0 Å². The third-order valence-electron chi connectivity index (χ3n) is 1.50. The summed E-state index contributed by atoms with van der Waals surface area (Å²) in [6.07, 6.45) is 1.47. The first-order valence-corrected chi connectivity index (χ1v) is 4.19. The van der Waals surface area contributed by atoms with E-state index in [9.17, 15) is 4.79 Å². The van der Waals surface area contributed by atoms with Crippen LogP contribution in [0.1, 0.15) is 12.0 Å². The van der Waals surface area contributed by atoms with Gasteiger partial charge in [0, 0.05) is 6.42 Å². The van der Waals surface area contributed by atoms with Gasteiger partial charge in [0.25, 0.3) is 0 Å². The van der Waals surface area contributed by atoms with E-state index < -0.39 is 0 Å². The lowest BCUT2D eigenvalue weighted by Gasteiger charge is -1.96. The molecule has 1 nitrogen and oxygen atoms in total. The van der Waals surface area contributed by atoms with E-state index in [1.54, 1.807) is 0 Å². The number of carbonyl (C=O) groups excluding carboxylic acids is 1. The van der Waals surface area contributed by atoms with Gasteiger partial charge in [0.05, 0.1) is 0 Å². The smallest absolute Gasteiger partial charge is 0.148 e. The summed E-state index contributed by atoms with van der Waals surface area (Å²) in [7, 11) is 2.19. The third kappa shape index (κ3) is 3.29. The minimum atomic E-state index is 0.175. The van der Waals surface area contributed by atoms with Gasteiger partial charge >= 0.3 is 0 Å². The molecule has 0 fully saturated rings. The maximum Gasteiger partial charge on any atom is 0.148 e. The Balaban J connectivity index is 2.45. The predicted octanol–water partition coefficient (Wildman–Crippen LogP) is 2.02. The van der Waals surface area contributed by atoms with E-state index >= 15 is 0 Å². The first kappa shape index (κ1) is 8.42. The lowest BCUT2D eigenvalue weighted by molar-refractivity contribution is -0.111. The van der Waals surface area contributed by atoms with Crippen molar-refractivity contribution < 1.29 is 4.79 Å². The number of rotatable bonds is 3. The van der Waals surface area contributed by atoms with Gasteiger partial charge in [0.15, 0.2) is 0 Å². The molecule has 0 amide bonds. The van der Waals surface area contributed by atoms with Crippen LogP contribution in [-0.4, -0.2) is 5.52 Å². The number of benzene rings is 1. The van der Waals surface area contributed by atoms with E-state index in [1.165, 1.54) is 5.56 Å². The Morgan fingerprint density at radius 2 is 1.91 bits per heavy atom. The second kappa shape index (κ2) is 4.25. The molecule has 1 atom stereocenters. The third-order valence-corrected chi connectivity index (χ3v) is 1.79. The largest absolute Gasteiger partial charge is 0.295 e. The molecule has 0 aliphatic heterocycles. The van der Waals surface area contributed by atoms with Crippen LogP contribution in [0.5, 0.6) is 0 Å². The summed E-state index contributed by atoms with van der Waals surface area (Å²) in [5, 5.41) is 0. The topological polar surface area (TPSA) is 17.1 Å². The van der Waals surface area contributed by atoms with Crippen LogP contribution >= 0.6 is 9.24 Å². The number of hydrogen-bond acceptors (Lipinski definition) is 1.